The molecule has 0 aliphatic carbocycles. The molecule has 3 rings (SSSR count). The average molecular weight is 559 g/mol. The molecular weight excluding hydrogens is 512 g/mol. The van der Waals surface area contributed by atoms with Gasteiger partial charge in [-0.15, -0.1) is 0 Å². The Kier molecular flexibility index (Phi) is 12.8. The molecule has 0 aromatic heterocycles. The molecule has 222 valence electrons. The number of methoxy groups -OCH3 is 2. The highest BCUT2D eigenvalue weighted by atomic mass is 16.5. The number of hydrogen-bond acceptors (Lipinski definition) is 8. The second-order valence-electron chi connectivity index (χ2n) is 10.1. The Hall–Kier alpha value is -3.01. The van der Waals surface area contributed by atoms with E-state index in [1.165, 1.54) is 0 Å². The van der Waals surface area contributed by atoms with E-state index in [1.807, 2.05) is 50.8 Å². The van der Waals surface area contributed by atoms with Gasteiger partial charge in [-0.3, -0.25) is 4.79 Å². The van der Waals surface area contributed by atoms with Gasteiger partial charge in [-0.05, 0) is 63.6 Å². The van der Waals surface area contributed by atoms with E-state index in [-0.39, 0.29) is 24.0 Å². The molecule has 2 unspecified atom stereocenters. The summed E-state index contributed by atoms with van der Waals surface area (Å²) in [6.07, 6.45) is 0.713. The summed E-state index contributed by atoms with van der Waals surface area (Å²) in [7, 11) is 3.26. The summed E-state index contributed by atoms with van der Waals surface area (Å²) in [5.41, 5.74) is 1.56. The molecule has 1 N–H and O–H groups in total. The zero-order valence-corrected chi connectivity index (χ0v) is 24.9. The second-order valence-corrected chi connectivity index (χ2v) is 10.1. The van der Waals surface area contributed by atoms with Gasteiger partial charge in [-0.25, -0.2) is 0 Å². The first-order valence-corrected chi connectivity index (χ1v) is 14.2. The maximum atomic E-state index is 13.7. The van der Waals surface area contributed by atoms with Crippen LogP contribution in [0, 0.1) is 5.92 Å². The van der Waals surface area contributed by atoms with Crippen molar-refractivity contribution >= 4 is 5.91 Å². The van der Waals surface area contributed by atoms with Gasteiger partial charge in [0.05, 0.1) is 39.6 Å². The summed E-state index contributed by atoms with van der Waals surface area (Å²) >= 11 is 0. The Balaban J connectivity index is 1.68. The second kappa shape index (κ2) is 16.3. The molecule has 2 aromatic carbocycles. The van der Waals surface area contributed by atoms with Gasteiger partial charge in [0.15, 0.2) is 11.5 Å². The third kappa shape index (κ3) is 9.01. The van der Waals surface area contributed by atoms with E-state index in [9.17, 15) is 4.79 Å². The van der Waals surface area contributed by atoms with Crippen molar-refractivity contribution in [2.75, 3.05) is 60.3 Å². The average Bonchev–Trinajstić information content (AvgIpc) is 3.39. The molecule has 1 amide bonds. The maximum Gasteiger partial charge on any atom is 0.254 e. The zero-order chi connectivity index (χ0) is 28.9. The van der Waals surface area contributed by atoms with Crippen molar-refractivity contribution in [2.45, 2.75) is 52.9 Å². The molecule has 40 heavy (non-hydrogen) atoms. The molecule has 2 aromatic rings. The summed E-state index contributed by atoms with van der Waals surface area (Å²) in [6.45, 7) is 12.8. The van der Waals surface area contributed by atoms with Gasteiger partial charge in [0, 0.05) is 63.4 Å². The van der Waals surface area contributed by atoms with Gasteiger partial charge in [-0.2, -0.15) is 0 Å². The fourth-order valence-electron chi connectivity index (χ4n) is 4.76. The van der Waals surface area contributed by atoms with Gasteiger partial charge in [0.25, 0.3) is 5.91 Å². The smallest absolute Gasteiger partial charge is 0.254 e. The number of rotatable bonds is 17. The van der Waals surface area contributed by atoms with Crippen molar-refractivity contribution in [1.29, 1.82) is 0 Å². The van der Waals surface area contributed by atoms with Crippen molar-refractivity contribution in [2.24, 2.45) is 5.92 Å². The van der Waals surface area contributed by atoms with Crippen LogP contribution in [0.4, 0.5) is 0 Å². The summed E-state index contributed by atoms with van der Waals surface area (Å²) in [6, 6.07) is 11.2. The van der Waals surface area contributed by atoms with E-state index in [0.29, 0.717) is 56.6 Å². The lowest BCUT2D eigenvalue weighted by atomic mass is 10.0. The molecule has 9 heteroatoms. The molecule has 1 heterocycles. The molecule has 0 bridgehead atoms. The van der Waals surface area contributed by atoms with Crippen LogP contribution in [-0.2, 0) is 16.1 Å². The van der Waals surface area contributed by atoms with Crippen LogP contribution in [-0.4, -0.2) is 83.2 Å². The number of hydrogen-bond donors (Lipinski definition) is 1. The minimum absolute atomic E-state index is 0.0125. The molecule has 0 spiro atoms. The van der Waals surface area contributed by atoms with E-state index >= 15 is 0 Å². The van der Waals surface area contributed by atoms with Crippen LogP contribution in [0.1, 0.15) is 50.0 Å². The fourth-order valence-corrected chi connectivity index (χ4v) is 4.76. The third-order valence-corrected chi connectivity index (χ3v) is 6.78. The van der Waals surface area contributed by atoms with Crippen molar-refractivity contribution in [3.63, 3.8) is 0 Å². The van der Waals surface area contributed by atoms with Crippen molar-refractivity contribution in [1.82, 2.24) is 10.2 Å². The number of nitrogens with one attached hydrogen (secondary N) is 1. The first-order chi connectivity index (χ1) is 19.4. The maximum absolute atomic E-state index is 13.7. The zero-order valence-electron chi connectivity index (χ0n) is 24.9. The number of amides is 1. The highest BCUT2D eigenvalue weighted by Crippen LogP contribution is 2.30. The minimum Gasteiger partial charge on any atom is -0.494 e. The van der Waals surface area contributed by atoms with Crippen LogP contribution in [0.15, 0.2) is 36.4 Å². The number of carbonyl (C=O) groups excluding carboxylic acids is 1. The summed E-state index contributed by atoms with van der Waals surface area (Å²) in [5, 5.41) is 3.44. The van der Waals surface area contributed by atoms with Gasteiger partial charge < -0.3 is 38.6 Å². The number of ether oxygens (including phenoxy) is 6. The molecular formula is C31H46N2O7. The Morgan fingerprint density at radius 1 is 0.950 bits per heavy atom. The summed E-state index contributed by atoms with van der Waals surface area (Å²) in [5.74, 6) is 2.79. The molecule has 0 radical (unpaired) electrons. The van der Waals surface area contributed by atoms with Crippen molar-refractivity contribution in [3.8, 4) is 23.0 Å². The van der Waals surface area contributed by atoms with Crippen LogP contribution >= 0.6 is 0 Å². The quantitative estimate of drug-likeness (QED) is 0.283. The molecule has 1 saturated heterocycles. The van der Waals surface area contributed by atoms with Crippen LogP contribution in [0.5, 0.6) is 23.0 Å². The first kappa shape index (κ1) is 31.5. The molecule has 9 nitrogen and oxygen atoms in total. The summed E-state index contributed by atoms with van der Waals surface area (Å²) < 4.78 is 34.3. The Morgan fingerprint density at radius 3 is 2.30 bits per heavy atom. The normalized spacial score (nSPS) is 16.7. The van der Waals surface area contributed by atoms with Crippen LogP contribution in [0.2, 0.25) is 0 Å². The van der Waals surface area contributed by atoms with E-state index in [4.69, 9.17) is 28.4 Å². The largest absolute Gasteiger partial charge is 0.494 e. The van der Waals surface area contributed by atoms with Crippen molar-refractivity contribution < 1.29 is 33.2 Å². The van der Waals surface area contributed by atoms with Crippen molar-refractivity contribution in [3.05, 3.63) is 47.5 Å². The van der Waals surface area contributed by atoms with Crippen LogP contribution < -0.4 is 24.3 Å². The minimum atomic E-state index is -0.0455. The van der Waals surface area contributed by atoms with Gasteiger partial charge >= 0.3 is 0 Å². The Morgan fingerprint density at radius 2 is 1.68 bits per heavy atom. The van der Waals surface area contributed by atoms with E-state index in [1.54, 1.807) is 32.4 Å². The van der Waals surface area contributed by atoms with E-state index in [2.05, 4.69) is 5.32 Å². The number of carbonyl (C=O) groups is 1. The standard InChI is InChI=1S/C31H46N2O7/c1-7-37-26-14-23(15-27(17-26)38-8-2)21-40-30-19-32-18-25(30)20-33(22(3)4)31(34)24-10-11-28(36-6)29(16-24)39-13-9-12-35-5/h10-11,14-17,22,25,30,32H,7-9,12-13,18-21H2,1-6H3. The molecule has 1 aliphatic rings. The first-order valence-electron chi connectivity index (χ1n) is 14.2. The summed E-state index contributed by atoms with van der Waals surface area (Å²) in [4.78, 5) is 15.6. The SMILES string of the molecule is CCOc1cc(COC2CNCC2CN(C(=O)c2ccc(OC)c(OCCCOC)c2)C(C)C)cc(OCC)c1. The topological polar surface area (TPSA) is 87.7 Å². The van der Waals surface area contributed by atoms with Crippen LogP contribution in [0.25, 0.3) is 0 Å². The molecule has 0 saturated carbocycles. The lowest BCUT2D eigenvalue weighted by molar-refractivity contribution is 0.0127. The molecule has 1 fully saturated rings. The molecule has 2 atom stereocenters. The number of benzene rings is 2. The predicted molar refractivity (Wildman–Crippen MR) is 155 cm³/mol. The lowest BCUT2D eigenvalue weighted by Gasteiger charge is -2.31. The van der Waals surface area contributed by atoms with Crippen LogP contribution in [0.3, 0.4) is 0 Å². The molecule has 1 aliphatic heterocycles. The Bertz CT molecular complexity index is 1040. The van der Waals surface area contributed by atoms with Gasteiger partial charge in [0.1, 0.15) is 11.5 Å². The predicted octanol–water partition coefficient (Wildman–Crippen LogP) is 4.56. The van der Waals surface area contributed by atoms with E-state index in [0.717, 1.165) is 36.6 Å². The number of nitrogens with zero attached hydrogens (tertiary/aromatic N) is 1. The fraction of sp³-hybridized carbons (Fsp3) is 0.581. The highest BCUT2D eigenvalue weighted by molar-refractivity contribution is 5.95. The van der Waals surface area contributed by atoms with Gasteiger partial charge in [-0.1, -0.05) is 0 Å². The lowest BCUT2D eigenvalue weighted by Crippen LogP contribution is -2.43. The monoisotopic (exact) mass is 558 g/mol. The Labute approximate surface area is 239 Å². The van der Waals surface area contributed by atoms with Gasteiger partial charge in [0.2, 0.25) is 0 Å². The van der Waals surface area contributed by atoms with E-state index < -0.39 is 0 Å². The highest BCUT2D eigenvalue weighted by Gasteiger charge is 2.32. The third-order valence-electron chi connectivity index (χ3n) is 6.78.